The number of anilines is 1. The van der Waals surface area contributed by atoms with Gasteiger partial charge in [0.1, 0.15) is 5.56 Å². The fraction of sp³-hybridized carbons (Fsp3) is 0.474. The summed E-state index contributed by atoms with van der Waals surface area (Å²) in [6, 6.07) is 3.72. The van der Waals surface area contributed by atoms with E-state index in [1.54, 1.807) is 27.3 Å². The molecule has 0 atom stereocenters. The van der Waals surface area contributed by atoms with Crippen molar-refractivity contribution in [1.82, 2.24) is 10.3 Å². The largest absolute Gasteiger partial charge is 0.493 e. The van der Waals surface area contributed by atoms with Crippen molar-refractivity contribution in [2.75, 3.05) is 51.9 Å². The van der Waals surface area contributed by atoms with Crippen molar-refractivity contribution in [2.24, 2.45) is 0 Å². The van der Waals surface area contributed by atoms with Gasteiger partial charge in [-0.1, -0.05) is 0 Å². The Hall–Kier alpha value is -2.25. The molecular weight excluding hydrogens is 370 g/mol. The molecule has 1 aromatic heterocycles. The van der Waals surface area contributed by atoms with Crippen LogP contribution < -0.4 is 19.7 Å². The Labute approximate surface area is 165 Å². The molecule has 148 valence electrons. The number of methoxy groups -OCH3 is 2. The summed E-state index contributed by atoms with van der Waals surface area (Å²) in [6.07, 6.45) is 2.60. The van der Waals surface area contributed by atoms with E-state index in [1.165, 1.54) is 0 Å². The summed E-state index contributed by atoms with van der Waals surface area (Å²) in [5.74, 6) is 0.862. The van der Waals surface area contributed by atoms with Crippen LogP contribution in [0.2, 0.25) is 0 Å². The molecule has 1 N–H and O–H groups in total. The zero-order chi connectivity index (χ0) is 18.5. The standard InChI is InChI=1S/C19H25N3O4.ClH/c1-4-26-19(23)14-12-21-15-11-17(25-3)16(24-2)10-13(15)18(14)22-8-5-6-20-7-9-22;/h10-12,20H,4-9H2,1-3H3;1H. The molecule has 2 heterocycles. The lowest BCUT2D eigenvalue weighted by Crippen LogP contribution is -2.30. The molecule has 0 spiro atoms. The van der Waals surface area contributed by atoms with Crippen LogP contribution in [0.25, 0.3) is 10.9 Å². The molecule has 2 aromatic rings. The molecular formula is C19H26ClN3O4. The Morgan fingerprint density at radius 3 is 2.63 bits per heavy atom. The number of benzene rings is 1. The van der Waals surface area contributed by atoms with Crippen LogP contribution in [0.15, 0.2) is 18.3 Å². The minimum atomic E-state index is -0.358. The predicted molar refractivity (Wildman–Crippen MR) is 108 cm³/mol. The Morgan fingerprint density at radius 1 is 1.19 bits per heavy atom. The number of hydrogen-bond acceptors (Lipinski definition) is 7. The number of fused-ring (bicyclic) bond motifs is 1. The maximum atomic E-state index is 12.6. The van der Waals surface area contributed by atoms with Crippen LogP contribution in [0.3, 0.4) is 0 Å². The van der Waals surface area contributed by atoms with Crippen LogP contribution in [-0.2, 0) is 4.74 Å². The molecule has 7 nitrogen and oxygen atoms in total. The topological polar surface area (TPSA) is 72.9 Å². The van der Waals surface area contributed by atoms with Gasteiger partial charge in [-0.15, -0.1) is 12.4 Å². The van der Waals surface area contributed by atoms with E-state index >= 15 is 0 Å². The van der Waals surface area contributed by atoms with Crippen molar-refractivity contribution in [3.05, 3.63) is 23.9 Å². The van der Waals surface area contributed by atoms with Crippen molar-refractivity contribution in [3.63, 3.8) is 0 Å². The van der Waals surface area contributed by atoms with E-state index in [9.17, 15) is 4.79 Å². The lowest BCUT2D eigenvalue weighted by molar-refractivity contribution is 0.0527. The highest BCUT2D eigenvalue weighted by Crippen LogP contribution is 2.38. The van der Waals surface area contributed by atoms with Gasteiger partial charge in [0.15, 0.2) is 11.5 Å². The molecule has 1 aliphatic rings. The quantitative estimate of drug-likeness (QED) is 0.780. The zero-order valence-electron chi connectivity index (χ0n) is 15.9. The number of aromatic nitrogens is 1. The number of esters is 1. The van der Waals surface area contributed by atoms with Gasteiger partial charge in [-0.3, -0.25) is 4.98 Å². The summed E-state index contributed by atoms with van der Waals surface area (Å²) in [6.45, 7) is 5.61. The second-order valence-corrected chi connectivity index (χ2v) is 6.06. The Bertz CT molecular complexity index is 792. The fourth-order valence-corrected chi connectivity index (χ4v) is 3.27. The molecule has 3 rings (SSSR count). The molecule has 0 saturated carbocycles. The van der Waals surface area contributed by atoms with Crippen LogP contribution >= 0.6 is 12.4 Å². The first-order valence-corrected chi connectivity index (χ1v) is 8.87. The molecule has 0 unspecified atom stereocenters. The van der Waals surface area contributed by atoms with E-state index in [0.29, 0.717) is 23.7 Å². The van der Waals surface area contributed by atoms with E-state index < -0.39 is 0 Å². The highest BCUT2D eigenvalue weighted by molar-refractivity contribution is 6.06. The zero-order valence-corrected chi connectivity index (χ0v) is 16.7. The summed E-state index contributed by atoms with van der Waals surface area (Å²) in [4.78, 5) is 19.2. The van der Waals surface area contributed by atoms with Gasteiger partial charge in [-0.25, -0.2) is 4.79 Å². The summed E-state index contributed by atoms with van der Waals surface area (Å²) in [7, 11) is 3.19. The number of carbonyl (C=O) groups excluding carboxylic acids is 1. The van der Waals surface area contributed by atoms with Gasteiger partial charge in [0.05, 0.1) is 32.0 Å². The minimum absolute atomic E-state index is 0. The molecule has 1 aromatic carbocycles. The van der Waals surface area contributed by atoms with Gasteiger partial charge in [0, 0.05) is 37.3 Å². The third-order valence-corrected chi connectivity index (χ3v) is 4.50. The number of carbonyl (C=O) groups is 1. The first kappa shape index (κ1) is 21.1. The Morgan fingerprint density at radius 2 is 1.93 bits per heavy atom. The third kappa shape index (κ3) is 4.36. The van der Waals surface area contributed by atoms with Crippen molar-refractivity contribution in [2.45, 2.75) is 13.3 Å². The summed E-state index contributed by atoms with van der Waals surface area (Å²) >= 11 is 0. The third-order valence-electron chi connectivity index (χ3n) is 4.50. The smallest absolute Gasteiger partial charge is 0.341 e. The van der Waals surface area contributed by atoms with Crippen LogP contribution in [0.4, 0.5) is 5.69 Å². The van der Waals surface area contributed by atoms with Gasteiger partial charge in [-0.2, -0.15) is 0 Å². The SMILES string of the molecule is CCOC(=O)c1cnc2cc(OC)c(OC)cc2c1N1CCCNCC1.Cl. The molecule has 1 fully saturated rings. The Balaban J connectivity index is 0.00000261. The summed E-state index contributed by atoms with van der Waals surface area (Å²) in [5, 5.41) is 4.25. The summed E-state index contributed by atoms with van der Waals surface area (Å²) in [5.41, 5.74) is 2.08. The second kappa shape index (κ2) is 9.62. The van der Waals surface area contributed by atoms with Crippen LogP contribution in [0.5, 0.6) is 11.5 Å². The van der Waals surface area contributed by atoms with Crippen molar-refractivity contribution >= 4 is 35.0 Å². The number of pyridine rings is 1. The minimum Gasteiger partial charge on any atom is -0.493 e. The molecule has 0 radical (unpaired) electrons. The second-order valence-electron chi connectivity index (χ2n) is 6.06. The van der Waals surface area contributed by atoms with E-state index in [-0.39, 0.29) is 18.4 Å². The number of nitrogens with one attached hydrogen (secondary N) is 1. The monoisotopic (exact) mass is 395 g/mol. The molecule has 27 heavy (non-hydrogen) atoms. The number of ether oxygens (including phenoxy) is 3. The summed E-state index contributed by atoms with van der Waals surface area (Å²) < 4.78 is 16.1. The molecule has 8 heteroatoms. The maximum absolute atomic E-state index is 12.6. The number of nitrogens with zero attached hydrogens (tertiary/aromatic N) is 2. The average Bonchev–Trinajstić information content (AvgIpc) is 2.95. The maximum Gasteiger partial charge on any atom is 0.341 e. The van der Waals surface area contributed by atoms with Gasteiger partial charge in [0.25, 0.3) is 0 Å². The van der Waals surface area contributed by atoms with E-state index in [4.69, 9.17) is 14.2 Å². The number of halogens is 1. The first-order valence-electron chi connectivity index (χ1n) is 8.87. The molecule has 1 aliphatic heterocycles. The van der Waals surface area contributed by atoms with Crippen LogP contribution in [-0.4, -0.2) is 58.0 Å². The van der Waals surface area contributed by atoms with Gasteiger partial charge >= 0.3 is 5.97 Å². The van der Waals surface area contributed by atoms with Crippen molar-refractivity contribution in [1.29, 1.82) is 0 Å². The van der Waals surface area contributed by atoms with E-state index in [1.807, 2.05) is 12.1 Å². The van der Waals surface area contributed by atoms with Gasteiger partial charge in [-0.05, 0) is 26.0 Å². The van der Waals surface area contributed by atoms with Crippen LogP contribution in [0.1, 0.15) is 23.7 Å². The van der Waals surface area contributed by atoms with Gasteiger partial charge in [0.2, 0.25) is 0 Å². The van der Waals surface area contributed by atoms with E-state index in [2.05, 4.69) is 15.2 Å². The Kier molecular flexibility index (Phi) is 7.50. The predicted octanol–water partition coefficient (Wildman–Crippen LogP) is 2.65. The molecule has 0 bridgehead atoms. The average molecular weight is 396 g/mol. The number of rotatable bonds is 5. The number of hydrogen-bond donors (Lipinski definition) is 1. The molecule has 1 saturated heterocycles. The van der Waals surface area contributed by atoms with Crippen LogP contribution in [0, 0.1) is 0 Å². The van der Waals surface area contributed by atoms with Gasteiger partial charge < -0.3 is 24.4 Å². The normalized spacial score (nSPS) is 14.3. The van der Waals surface area contributed by atoms with Crippen molar-refractivity contribution in [3.8, 4) is 11.5 Å². The van der Waals surface area contributed by atoms with E-state index in [0.717, 1.165) is 49.2 Å². The lowest BCUT2D eigenvalue weighted by Gasteiger charge is -2.26. The van der Waals surface area contributed by atoms with Crippen molar-refractivity contribution < 1.29 is 19.0 Å². The fourth-order valence-electron chi connectivity index (χ4n) is 3.27. The highest BCUT2D eigenvalue weighted by atomic mass is 35.5. The molecule has 0 amide bonds. The molecule has 0 aliphatic carbocycles. The lowest BCUT2D eigenvalue weighted by atomic mass is 10.1. The first-order chi connectivity index (χ1) is 12.7. The highest BCUT2D eigenvalue weighted by Gasteiger charge is 2.23.